The maximum absolute atomic E-state index is 13.7. The first-order valence-corrected chi connectivity index (χ1v) is 12.0. The van der Waals surface area contributed by atoms with Crippen molar-refractivity contribution in [2.24, 2.45) is 0 Å². The summed E-state index contributed by atoms with van der Waals surface area (Å²) in [6.45, 7) is 4.65. The summed E-state index contributed by atoms with van der Waals surface area (Å²) in [5, 5.41) is 9.97. The van der Waals surface area contributed by atoms with Crippen molar-refractivity contribution in [1.29, 1.82) is 0 Å². The van der Waals surface area contributed by atoms with Crippen LogP contribution in [0, 0.1) is 6.92 Å². The number of ether oxygens (including phenoxy) is 2. The molecule has 0 saturated carbocycles. The minimum atomic E-state index is -0.501. The Morgan fingerprint density at radius 3 is 2.46 bits per heavy atom. The second-order valence-corrected chi connectivity index (χ2v) is 8.67. The lowest BCUT2D eigenvalue weighted by Gasteiger charge is -2.32. The van der Waals surface area contributed by atoms with E-state index in [2.05, 4.69) is 22.9 Å². The SMILES string of the molecule is CCCOc1ccc([C@@H]2NC(=S)NC(c3ccccc3)=C2C(=O)Nc2ccc(C)cc2)cc1OC. The van der Waals surface area contributed by atoms with E-state index in [4.69, 9.17) is 21.7 Å². The molecule has 6 nitrogen and oxygen atoms in total. The summed E-state index contributed by atoms with van der Waals surface area (Å²) in [6.07, 6.45) is 0.890. The lowest BCUT2D eigenvalue weighted by atomic mass is 9.91. The Labute approximate surface area is 211 Å². The molecule has 1 amide bonds. The summed E-state index contributed by atoms with van der Waals surface area (Å²) < 4.78 is 11.4. The van der Waals surface area contributed by atoms with E-state index in [0.717, 1.165) is 23.1 Å². The van der Waals surface area contributed by atoms with Gasteiger partial charge in [0.2, 0.25) is 0 Å². The number of hydrogen-bond acceptors (Lipinski definition) is 4. The van der Waals surface area contributed by atoms with E-state index in [9.17, 15) is 4.79 Å². The van der Waals surface area contributed by atoms with Crippen LogP contribution in [0.15, 0.2) is 78.4 Å². The minimum absolute atomic E-state index is 0.231. The molecule has 7 heteroatoms. The molecule has 0 spiro atoms. The van der Waals surface area contributed by atoms with Crippen molar-refractivity contribution in [3.8, 4) is 11.5 Å². The largest absolute Gasteiger partial charge is 0.493 e. The smallest absolute Gasteiger partial charge is 0.256 e. The van der Waals surface area contributed by atoms with Crippen molar-refractivity contribution in [2.75, 3.05) is 19.0 Å². The average molecular weight is 488 g/mol. The molecule has 3 N–H and O–H groups in total. The van der Waals surface area contributed by atoms with Gasteiger partial charge in [0, 0.05) is 5.69 Å². The minimum Gasteiger partial charge on any atom is -0.493 e. The van der Waals surface area contributed by atoms with Crippen molar-refractivity contribution < 1.29 is 14.3 Å². The fraction of sp³-hybridized carbons (Fsp3) is 0.214. The number of amides is 1. The highest BCUT2D eigenvalue weighted by molar-refractivity contribution is 7.80. The van der Waals surface area contributed by atoms with E-state index >= 15 is 0 Å². The number of anilines is 1. The fourth-order valence-electron chi connectivity index (χ4n) is 3.92. The van der Waals surface area contributed by atoms with E-state index in [1.165, 1.54) is 0 Å². The zero-order valence-electron chi connectivity index (χ0n) is 20.1. The molecular weight excluding hydrogens is 458 g/mol. The summed E-state index contributed by atoms with van der Waals surface area (Å²) in [6, 6.07) is 22.6. The number of benzene rings is 3. The maximum atomic E-state index is 13.7. The average Bonchev–Trinajstić information content (AvgIpc) is 2.88. The molecule has 3 aromatic carbocycles. The van der Waals surface area contributed by atoms with Crippen LogP contribution >= 0.6 is 12.2 Å². The lowest BCUT2D eigenvalue weighted by molar-refractivity contribution is -0.113. The third kappa shape index (κ3) is 5.63. The molecule has 1 aliphatic rings. The van der Waals surface area contributed by atoms with Crippen LogP contribution in [-0.2, 0) is 4.79 Å². The third-order valence-corrected chi connectivity index (χ3v) is 5.89. The maximum Gasteiger partial charge on any atom is 0.256 e. The van der Waals surface area contributed by atoms with Crippen LogP contribution in [0.25, 0.3) is 5.70 Å². The van der Waals surface area contributed by atoms with Crippen molar-refractivity contribution in [1.82, 2.24) is 10.6 Å². The Kier molecular flexibility index (Phi) is 7.67. The van der Waals surface area contributed by atoms with Gasteiger partial charge in [-0.1, -0.05) is 61.0 Å². The topological polar surface area (TPSA) is 71.6 Å². The summed E-state index contributed by atoms with van der Waals surface area (Å²) in [4.78, 5) is 13.7. The van der Waals surface area contributed by atoms with Gasteiger partial charge in [0.1, 0.15) is 0 Å². The monoisotopic (exact) mass is 487 g/mol. The van der Waals surface area contributed by atoms with Crippen LogP contribution in [0.2, 0.25) is 0 Å². The summed E-state index contributed by atoms with van der Waals surface area (Å²) >= 11 is 5.54. The third-order valence-electron chi connectivity index (χ3n) is 5.67. The number of carbonyl (C=O) groups is 1. The summed E-state index contributed by atoms with van der Waals surface area (Å²) in [7, 11) is 1.61. The Morgan fingerprint density at radius 1 is 1.03 bits per heavy atom. The second-order valence-electron chi connectivity index (χ2n) is 8.27. The fourth-order valence-corrected chi connectivity index (χ4v) is 4.14. The Morgan fingerprint density at radius 2 is 1.77 bits per heavy atom. The van der Waals surface area contributed by atoms with Gasteiger partial charge in [-0.2, -0.15) is 0 Å². The zero-order valence-corrected chi connectivity index (χ0v) is 20.9. The number of thiocarbonyl (C=S) groups is 1. The van der Waals surface area contributed by atoms with Gasteiger partial charge >= 0.3 is 0 Å². The van der Waals surface area contributed by atoms with Gasteiger partial charge in [0.05, 0.1) is 31.0 Å². The molecule has 1 aliphatic heterocycles. The molecule has 3 aromatic rings. The Balaban J connectivity index is 1.80. The number of methoxy groups -OCH3 is 1. The Hall–Kier alpha value is -3.84. The highest BCUT2D eigenvalue weighted by Crippen LogP contribution is 2.36. The molecule has 1 heterocycles. The predicted molar refractivity (Wildman–Crippen MR) is 144 cm³/mol. The van der Waals surface area contributed by atoms with Crippen LogP contribution in [0.5, 0.6) is 11.5 Å². The molecule has 0 bridgehead atoms. The van der Waals surface area contributed by atoms with E-state index in [0.29, 0.717) is 40.2 Å². The summed E-state index contributed by atoms with van der Waals surface area (Å²) in [5.74, 6) is 1.03. The lowest BCUT2D eigenvalue weighted by Crippen LogP contribution is -2.45. The van der Waals surface area contributed by atoms with Crippen LogP contribution in [0.1, 0.15) is 36.1 Å². The van der Waals surface area contributed by atoms with Gasteiger partial charge in [0.25, 0.3) is 5.91 Å². The molecule has 0 aliphatic carbocycles. The number of rotatable bonds is 8. The van der Waals surface area contributed by atoms with Crippen molar-refractivity contribution in [3.05, 3.63) is 95.1 Å². The molecule has 0 saturated heterocycles. The molecule has 35 heavy (non-hydrogen) atoms. The molecule has 0 aromatic heterocycles. The quantitative estimate of drug-likeness (QED) is 0.372. The van der Waals surface area contributed by atoms with Gasteiger partial charge in [-0.25, -0.2) is 0 Å². The second kappa shape index (κ2) is 11.1. The number of aryl methyl sites for hydroxylation is 1. The van der Waals surface area contributed by atoms with Gasteiger partial charge in [0.15, 0.2) is 16.6 Å². The van der Waals surface area contributed by atoms with Crippen LogP contribution in [-0.4, -0.2) is 24.7 Å². The molecular formula is C28H29N3O3S. The van der Waals surface area contributed by atoms with E-state index in [1.54, 1.807) is 7.11 Å². The van der Waals surface area contributed by atoms with Gasteiger partial charge in [-0.15, -0.1) is 0 Å². The van der Waals surface area contributed by atoms with Gasteiger partial charge < -0.3 is 25.4 Å². The van der Waals surface area contributed by atoms with E-state index in [1.807, 2.05) is 79.7 Å². The molecule has 0 unspecified atom stereocenters. The van der Waals surface area contributed by atoms with Crippen molar-refractivity contribution in [3.63, 3.8) is 0 Å². The van der Waals surface area contributed by atoms with Crippen LogP contribution in [0.4, 0.5) is 5.69 Å². The first-order chi connectivity index (χ1) is 17.0. The number of nitrogens with one attached hydrogen (secondary N) is 3. The van der Waals surface area contributed by atoms with E-state index in [-0.39, 0.29) is 5.91 Å². The predicted octanol–water partition coefficient (Wildman–Crippen LogP) is 5.36. The van der Waals surface area contributed by atoms with Crippen molar-refractivity contribution >= 4 is 34.6 Å². The van der Waals surface area contributed by atoms with Crippen LogP contribution in [0.3, 0.4) is 0 Å². The van der Waals surface area contributed by atoms with Gasteiger partial charge in [-0.3, -0.25) is 4.79 Å². The standard InChI is InChI=1S/C28H29N3O3S/c1-4-16-34-22-15-12-20(17-23(22)33-3)26-24(27(32)29-21-13-10-18(2)11-14-21)25(30-28(35)31-26)19-8-6-5-7-9-19/h5-15,17,26H,4,16H2,1-3H3,(H,29,32)(H2,30,31,35)/t26-/m0/s1. The van der Waals surface area contributed by atoms with E-state index < -0.39 is 6.04 Å². The first kappa shape index (κ1) is 24.3. The molecule has 4 rings (SSSR count). The number of carbonyl (C=O) groups excluding carboxylic acids is 1. The highest BCUT2D eigenvalue weighted by Gasteiger charge is 2.32. The molecule has 0 fully saturated rings. The molecule has 1 atom stereocenters. The normalized spacial score (nSPS) is 15.2. The Bertz CT molecular complexity index is 1240. The summed E-state index contributed by atoms with van der Waals surface area (Å²) in [5.41, 5.74) is 4.72. The van der Waals surface area contributed by atoms with Crippen molar-refractivity contribution in [2.45, 2.75) is 26.3 Å². The molecule has 0 radical (unpaired) electrons. The van der Waals surface area contributed by atoms with Crippen LogP contribution < -0.4 is 25.4 Å². The molecule has 180 valence electrons. The highest BCUT2D eigenvalue weighted by atomic mass is 32.1. The number of hydrogen-bond donors (Lipinski definition) is 3. The zero-order chi connectivity index (χ0) is 24.8. The van der Waals surface area contributed by atoms with Gasteiger partial charge in [-0.05, 0) is 61.0 Å². The first-order valence-electron chi connectivity index (χ1n) is 11.6.